The van der Waals surface area contributed by atoms with Gasteiger partial charge in [-0.25, -0.2) is 4.98 Å². The van der Waals surface area contributed by atoms with Crippen molar-refractivity contribution in [1.29, 1.82) is 0 Å². The van der Waals surface area contributed by atoms with Crippen LogP contribution in [-0.4, -0.2) is 46.0 Å². The molecule has 36 heavy (non-hydrogen) atoms. The van der Waals surface area contributed by atoms with Crippen LogP contribution < -0.4 is 10.9 Å². The highest BCUT2D eigenvalue weighted by atomic mass is 35.5. The molecular weight excluding hydrogens is 472 g/mol. The number of halogens is 1. The number of benzene rings is 2. The minimum atomic E-state index is -0.220. The van der Waals surface area contributed by atoms with E-state index in [1.807, 2.05) is 38.1 Å². The predicted molar refractivity (Wildman–Crippen MR) is 145 cm³/mol. The van der Waals surface area contributed by atoms with Gasteiger partial charge in [0.1, 0.15) is 12.4 Å². The number of hydrogen-bond acceptors (Lipinski definition) is 4. The molecular formula is C29H33ClN4O2. The first-order valence-electron chi connectivity index (χ1n) is 12.8. The van der Waals surface area contributed by atoms with Gasteiger partial charge in [-0.15, -0.1) is 0 Å². The molecule has 2 aliphatic rings. The van der Waals surface area contributed by atoms with Crippen molar-refractivity contribution < 1.29 is 4.79 Å². The van der Waals surface area contributed by atoms with Gasteiger partial charge in [-0.2, -0.15) is 0 Å². The van der Waals surface area contributed by atoms with Crippen LogP contribution in [0.15, 0.2) is 59.4 Å². The van der Waals surface area contributed by atoms with E-state index in [1.54, 1.807) is 12.1 Å². The first kappa shape index (κ1) is 24.7. The lowest BCUT2D eigenvalue weighted by Crippen LogP contribution is -2.37. The molecule has 0 spiro atoms. The molecule has 1 aromatic heterocycles. The Kier molecular flexibility index (Phi) is 7.26. The summed E-state index contributed by atoms with van der Waals surface area (Å²) in [6.07, 6.45) is 7.96. The number of amides is 1. The standard InChI is InChI=1S/C29H33ClN4O2/c1-19(2)31-27(35)18-34-28(22-7-6-8-24(30)15-22)32-26-10-9-21(16-25(26)29(34)36)23-13-20(14-23)17-33-11-4-3-5-12-33/h3-4,6-10,15-16,19-20,23H,5,11-14,17-18H2,1-2H3,(H,31,35)/t20-,23-. The zero-order chi connectivity index (χ0) is 25.2. The maximum Gasteiger partial charge on any atom is 0.262 e. The van der Waals surface area contributed by atoms with Gasteiger partial charge in [-0.3, -0.25) is 19.1 Å². The molecule has 3 aromatic rings. The van der Waals surface area contributed by atoms with Gasteiger partial charge in [-0.1, -0.05) is 42.0 Å². The summed E-state index contributed by atoms with van der Waals surface area (Å²) >= 11 is 6.23. The number of carbonyl (C=O) groups excluding carboxylic acids is 1. The lowest BCUT2D eigenvalue weighted by Gasteiger charge is -2.39. The predicted octanol–water partition coefficient (Wildman–Crippen LogP) is 5.00. The average Bonchev–Trinajstić information content (AvgIpc) is 2.83. The van der Waals surface area contributed by atoms with Crippen LogP contribution in [0.2, 0.25) is 5.02 Å². The summed E-state index contributed by atoms with van der Waals surface area (Å²) in [6, 6.07) is 13.3. The number of hydrogen-bond donors (Lipinski definition) is 1. The summed E-state index contributed by atoms with van der Waals surface area (Å²) in [5.41, 5.74) is 2.32. The van der Waals surface area contributed by atoms with E-state index in [2.05, 4.69) is 28.4 Å². The Balaban J connectivity index is 1.44. The van der Waals surface area contributed by atoms with Crippen molar-refractivity contribution in [3.05, 3.63) is 75.6 Å². The maximum atomic E-state index is 13.7. The van der Waals surface area contributed by atoms with Gasteiger partial charge >= 0.3 is 0 Å². The fourth-order valence-corrected chi connectivity index (χ4v) is 5.57. The van der Waals surface area contributed by atoms with Crippen LogP contribution in [0.5, 0.6) is 0 Å². The van der Waals surface area contributed by atoms with Crippen LogP contribution in [0, 0.1) is 5.92 Å². The minimum absolute atomic E-state index is 0.0182. The van der Waals surface area contributed by atoms with Gasteiger partial charge in [0.2, 0.25) is 5.91 Å². The topological polar surface area (TPSA) is 67.2 Å². The van der Waals surface area contributed by atoms with E-state index < -0.39 is 0 Å². The van der Waals surface area contributed by atoms with E-state index >= 15 is 0 Å². The number of fused-ring (bicyclic) bond motifs is 1. The number of rotatable bonds is 7. The first-order chi connectivity index (χ1) is 17.4. The normalized spacial score (nSPS) is 20.0. The Hall–Kier alpha value is -2.96. The maximum absolute atomic E-state index is 13.7. The molecule has 0 bridgehead atoms. The molecule has 0 atom stereocenters. The van der Waals surface area contributed by atoms with Gasteiger partial charge in [0, 0.05) is 36.3 Å². The van der Waals surface area contributed by atoms with Crippen molar-refractivity contribution >= 4 is 28.4 Å². The van der Waals surface area contributed by atoms with Crippen molar-refractivity contribution in [2.24, 2.45) is 5.92 Å². The zero-order valence-electron chi connectivity index (χ0n) is 20.9. The molecule has 6 nitrogen and oxygen atoms in total. The molecule has 1 saturated carbocycles. The van der Waals surface area contributed by atoms with Crippen molar-refractivity contribution in [3.63, 3.8) is 0 Å². The van der Waals surface area contributed by atoms with Crippen LogP contribution in [0.4, 0.5) is 0 Å². The lowest BCUT2D eigenvalue weighted by atomic mass is 9.71. The highest BCUT2D eigenvalue weighted by Crippen LogP contribution is 2.42. The molecule has 0 saturated heterocycles. The van der Waals surface area contributed by atoms with Crippen molar-refractivity contribution in [1.82, 2.24) is 19.8 Å². The smallest absolute Gasteiger partial charge is 0.262 e. The number of nitrogens with zero attached hydrogens (tertiary/aromatic N) is 3. The fraction of sp³-hybridized carbons (Fsp3) is 0.414. The second kappa shape index (κ2) is 10.6. The van der Waals surface area contributed by atoms with Crippen molar-refractivity contribution in [2.75, 3.05) is 19.6 Å². The van der Waals surface area contributed by atoms with E-state index in [1.165, 1.54) is 10.1 Å². The molecule has 2 aromatic carbocycles. The Morgan fingerprint density at radius 2 is 2.00 bits per heavy atom. The SMILES string of the molecule is CC(C)NC(=O)Cn1c(-c2cccc(Cl)c2)nc2ccc([C@H]3C[C@H](CN4CC=CCC4)C3)cc2c1=O. The zero-order valence-corrected chi connectivity index (χ0v) is 21.7. The number of aromatic nitrogens is 2. The highest BCUT2D eigenvalue weighted by Gasteiger charge is 2.32. The van der Waals surface area contributed by atoms with Crippen LogP contribution in [0.25, 0.3) is 22.3 Å². The molecule has 1 aliphatic heterocycles. The van der Waals surface area contributed by atoms with Crippen LogP contribution in [-0.2, 0) is 11.3 Å². The molecule has 1 aliphatic carbocycles. The lowest BCUT2D eigenvalue weighted by molar-refractivity contribution is -0.122. The Morgan fingerprint density at radius 1 is 1.17 bits per heavy atom. The molecule has 2 heterocycles. The van der Waals surface area contributed by atoms with Crippen LogP contribution >= 0.6 is 11.6 Å². The second-order valence-corrected chi connectivity index (χ2v) is 10.8. The first-order valence-corrected chi connectivity index (χ1v) is 13.2. The third-order valence-electron chi connectivity index (χ3n) is 7.18. The number of carbonyl (C=O) groups is 1. The molecule has 0 radical (unpaired) electrons. The molecule has 5 rings (SSSR count). The fourth-order valence-electron chi connectivity index (χ4n) is 5.38. The average molecular weight is 505 g/mol. The van der Waals surface area contributed by atoms with Crippen molar-refractivity contribution in [2.45, 2.75) is 51.6 Å². The minimum Gasteiger partial charge on any atom is -0.352 e. The third-order valence-corrected chi connectivity index (χ3v) is 7.41. The summed E-state index contributed by atoms with van der Waals surface area (Å²) in [6.45, 7) is 7.06. The Labute approximate surface area is 217 Å². The highest BCUT2D eigenvalue weighted by molar-refractivity contribution is 6.30. The molecule has 7 heteroatoms. The molecule has 1 amide bonds. The summed E-state index contributed by atoms with van der Waals surface area (Å²) in [4.78, 5) is 33.8. The quantitative estimate of drug-likeness (QED) is 0.460. The van der Waals surface area contributed by atoms with E-state index in [4.69, 9.17) is 16.6 Å². The van der Waals surface area contributed by atoms with E-state index in [-0.39, 0.29) is 24.1 Å². The Morgan fingerprint density at radius 3 is 2.72 bits per heavy atom. The molecule has 1 fully saturated rings. The van der Waals surface area contributed by atoms with Crippen LogP contribution in [0.1, 0.15) is 44.6 Å². The van der Waals surface area contributed by atoms with E-state index in [0.29, 0.717) is 39.1 Å². The van der Waals surface area contributed by atoms with Gasteiger partial charge in [0.05, 0.1) is 10.9 Å². The summed E-state index contributed by atoms with van der Waals surface area (Å²) in [5.74, 6) is 1.39. The van der Waals surface area contributed by atoms with E-state index in [0.717, 1.165) is 38.9 Å². The van der Waals surface area contributed by atoms with Gasteiger partial charge in [-0.05, 0) is 74.8 Å². The Bertz CT molecular complexity index is 1360. The van der Waals surface area contributed by atoms with Gasteiger partial charge in [0.15, 0.2) is 0 Å². The monoisotopic (exact) mass is 504 g/mol. The van der Waals surface area contributed by atoms with Crippen molar-refractivity contribution in [3.8, 4) is 11.4 Å². The largest absolute Gasteiger partial charge is 0.352 e. The number of nitrogens with one attached hydrogen (secondary N) is 1. The van der Waals surface area contributed by atoms with Crippen LogP contribution in [0.3, 0.4) is 0 Å². The van der Waals surface area contributed by atoms with Gasteiger partial charge in [0.25, 0.3) is 5.56 Å². The molecule has 1 N–H and O–H groups in total. The summed E-state index contributed by atoms with van der Waals surface area (Å²) in [5, 5.41) is 3.99. The molecule has 0 unspecified atom stereocenters. The third kappa shape index (κ3) is 5.40. The summed E-state index contributed by atoms with van der Waals surface area (Å²) < 4.78 is 1.48. The summed E-state index contributed by atoms with van der Waals surface area (Å²) in [7, 11) is 0. The van der Waals surface area contributed by atoms with Gasteiger partial charge < -0.3 is 5.32 Å². The van der Waals surface area contributed by atoms with E-state index in [9.17, 15) is 9.59 Å². The second-order valence-electron chi connectivity index (χ2n) is 10.4. The molecule has 188 valence electrons.